The van der Waals surface area contributed by atoms with Gasteiger partial charge in [0.25, 0.3) is 0 Å². The number of hydrogen-bond acceptors (Lipinski definition) is 3. The Labute approximate surface area is 136 Å². The lowest BCUT2D eigenvalue weighted by Gasteiger charge is -2.39. The molecule has 1 saturated heterocycles. The predicted octanol–water partition coefficient (Wildman–Crippen LogP) is 1.08. The minimum absolute atomic E-state index is 0.0566. The number of aryl methyl sites for hydroxylation is 1. The average Bonchev–Trinajstić information content (AvgIpc) is 2.49. The molecule has 1 aliphatic rings. The molecule has 1 heterocycles. The van der Waals surface area contributed by atoms with E-state index < -0.39 is 0 Å². The highest BCUT2D eigenvalue weighted by Gasteiger charge is 2.32. The summed E-state index contributed by atoms with van der Waals surface area (Å²) in [6, 6.07) is 7.73. The first-order chi connectivity index (χ1) is 10.9. The molecule has 0 unspecified atom stereocenters. The lowest BCUT2D eigenvalue weighted by Crippen LogP contribution is -2.57. The van der Waals surface area contributed by atoms with Crippen LogP contribution in [-0.2, 0) is 14.4 Å². The first kappa shape index (κ1) is 17.0. The molecule has 0 bridgehead atoms. The molecule has 0 spiro atoms. The molecule has 0 saturated carbocycles. The molecule has 1 aliphatic heterocycles. The minimum atomic E-state index is -0.161. The van der Waals surface area contributed by atoms with Gasteiger partial charge in [0.15, 0.2) is 0 Å². The Morgan fingerprint density at radius 3 is 2.52 bits per heavy atom. The van der Waals surface area contributed by atoms with Crippen LogP contribution in [0.25, 0.3) is 0 Å². The van der Waals surface area contributed by atoms with Gasteiger partial charge in [0.2, 0.25) is 17.7 Å². The third-order valence-corrected chi connectivity index (χ3v) is 3.96. The Bertz CT molecular complexity index is 598. The van der Waals surface area contributed by atoms with Crippen molar-refractivity contribution in [2.45, 2.75) is 33.2 Å². The summed E-state index contributed by atoms with van der Waals surface area (Å²) in [5.41, 5.74) is 2.00. The number of hydrogen-bond donors (Lipinski definition) is 1. The van der Waals surface area contributed by atoms with Gasteiger partial charge < -0.3 is 15.1 Å². The predicted molar refractivity (Wildman–Crippen MR) is 88.0 cm³/mol. The molecule has 0 radical (unpaired) electrons. The molecule has 1 atom stereocenters. The van der Waals surface area contributed by atoms with E-state index in [4.69, 9.17) is 0 Å². The summed E-state index contributed by atoms with van der Waals surface area (Å²) in [5.74, 6) is -0.353. The van der Waals surface area contributed by atoms with E-state index in [1.165, 1.54) is 6.92 Å². The van der Waals surface area contributed by atoms with E-state index in [0.717, 1.165) is 11.3 Å². The van der Waals surface area contributed by atoms with Crippen molar-refractivity contribution in [3.63, 3.8) is 0 Å². The van der Waals surface area contributed by atoms with Gasteiger partial charge in [-0.15, -0.1) is 0 Å². The Balaban J connectivity index is 1.98. The number of piperazine rings is 1. The zero-order valence-corrected chi connectivity index (χ0v) is 13.8. The molecule has 1 aromatic rings. The molecule has 23 heavy (non-hydrogen) atoms. The third-order valence-electron chi connectivity index (χ3n) is 3.96. The summed E-state index contributed by atoms with van der Waals surface area (Å²) in [6.45, 7) is 6.20. The van der Waals surface area contributed by atoms with Crippen molar-refractivity contribution in [3.05, 3.63) is 29.8 Å². The Hall–Kier alpha value is -2.37. The second-order valence-corrected chi connectivity index (χ2v) is 5.94. The monoisotopic (exact) mass is 317 g/mol. The number of rotatable bonds is 4. The number of nitrogens with one attached hydrogen (secondary N) is 1. The van der Waals surface area contributed by atoms with Crippen LogP contribution >= 0.6 is 0 Å². The van der Waals surface area contributed by atoms with E-state index >= 15 is 0 Å². The van der Waals surface area contributed by atoms with Crippen LogP contribution in [0, 0.1) is 6.92 Å². The van der Waals surface area contributed by atoms with Gasteiger partial charge in [0, 0.05) is 38.2 Å². The number of anilines is 1. The van der Waals surface area contributed by atoms with Gasteiger partial charge in [-0.2, -0.15) is 0 Å². The van der Waals surface area contributed by atoms with E-state index in [-0.39, 0.29) is 36.7 Å². The Kier molecular flexibility index (Phi) is 5.36. The van der Waals surface area contributed by atoms with Gasteiger partial charge in [-0.3, -0.25) is 14.4 Å². The normalized spacial score (nSPS) is 18.0. The van der Waals surface area contributed by atoms with E-state index in [9.17, 15) is 14.4 Å². The van der Waals surface area contributed by atoms with E-state index in [2.05, 4.69) is 5.32 Å². The van der Waals surface area contributed by atoms with Gasteiger partial charge in [0.05, 0.1) is 0 Å². The van der Waals surface area contributed by atoms with Crippen molar-refractivity contribution in [2.75, 3.05) is 24.5 Å². The largest absolute Gasteiger partial charge is 0.356 e. The highest BCUT2D eigenvalue weighted by Crippen LogP contribution is 2.21. The van der Waals surface area contributed by atoms with Gasteiger partial charge in [-0.1, -0.05) is 17.7 Å². The minimum Gasteiger partial charge on any atom is -0.356 e. The number of carbonyl (C=O) groups is 3. The van der Waals surface area contributed by atoms with Crippen LogP contribution in [0.2, 0.25) is 0 Å². The zero-order chi connectivity index (χ0) is 17.0. The van der Waals surface area contributed by atoms with E-state index in [1.54, 1.807) is 9.80 Å². The van der Waals surface area contributed by atoms with Crippen molar-refractivity contribution in [2.24, 2.45) is 0 Å². The van der Waals surface area contributed by atoms with Crippen LogP contribution in [0.3, 0.4) is 0 Å². The quantitative estimate of drug-likeness (QED) is 0.903. The number of nitrogens with zero attached hydrogens (tertiary/aromatic N) is 2. The number of carbonyl (C=O) groups excluding carboxylic acids is 3. The van der Waals surface area contributed by atoms with Gasteiger partial charge in [-0.25, -0.2) is 0 Å². The summed E-state index contributed by atoms with van der Waals surface area (Å²) in [4.78, 5) is 38.8. The first-order valence-corrected chi connectivity index (χ1v) is 7.79. The summed E-state index contributed by atoms with van der Waals surface area (Å²) in [6.07, 6.45) is 0.210. The molecule has 6 heteroatoms. The average molecular weight is 317 g/mol. The molecular weight excluding hydrogens is 294 g/mol. The lowest BCUT2D eigenvalue weighted by atomic mass is 10.1. The maximum absolute atomic E-state index is 12.4. The highest BCUT2D eigenvalue weighted by atomic mass is 16.2. The van der Waals surface area contributed by atoms with Crippen molar-refractivity contribution in [1.29, 1.82) is 0 Å². The van der Waals surface area contributed by atoms with Crippen molar-refractivity contribution >= 4 is 23.4 Å². The Morgan fingerprint density at radius 2 is 1.91 bits per heavy atom. The fourth-order valence-corrected chi connectivity index (χ4v) is 2.65. The van der Waals surface area contributed by atoms with Crippen LogP contribution in [0.15, 0.2) is 24.3 Å². The molecule has 0 aromatic heterocycles. The van der Waals surface area contributed by atoms with Gasteiger partial charge in [-0.05, 0) is 26.0 Å². The maximum Gasteiger partial charge on any atom is 0.246 e. The fraction of sp³-hybridized carbons (Fsp3) is 0.471. The van der Waals surface area contributed by atoms with Crippen molar-refractivity contribution in [1.82, 2.24) is 10.2 Å². The zero-order valence-electron chi connectivity index (χ0n) is 13.8. The molecule has 2 rings (SSSR count). The molecule has 1 N–H and O–H groups in total. The van der Waals surface area contributed by atoms with Gasteiger partial charge >= 0.3 is 0 Å². The molecule has 124 valence electrons. The van der Waals surface area contributed by atoms with Gasteiger partial charge in [0.1, 0.15) is 6.54 Å². The van der Waals surface area contributed by atoms with E-state index in [1.807, 2.05) is 38.1 Å². The molecule has 0 aliphatic carbocycles. The first-order valence-electron chi connectivity index (χ1n) is 7.79. The number of amides is 3. The maximum atomic E-state index is 12.4. The van der Waals surface area contributed by atoms with Crippen LogP contribution < -0.4 is 10.2 Å². The fourth-order valence-electron chi connectivity index (χ4n) is 2.65. The highest BCUT2D eigenvalue weighted by molar-refractivity contribution is 5.98. The van der Waals surface area contributed by atoms with Crippen LogP contribution in [0.1, 0.15) is 25.8 Å². The molecule has 6 nitrogen and oxygen atoms in total. The second-order valence-electron chi connectivity index (χ2n) is 5.94. The van der Waals surface area contributed by atoms with Crippen LogP contribution in [0.4, 0.5) is 5.69 Å². The number of benzene rings is 1. The summed E-state index contributed by atoms with van der Waals surface area (Å²) >= 11 is 0. The van der Waals surface area contributed by atoms with Crippen molar-refractivity contribution in [3.8, 4) is 0 Å². The molecule has 1 aromatic carbocycles. The molecule has 1 fully saturated rings. The smallest absolute Gasteiger partial charge is 0.246 e. The topological polar surface area (TPSA) is 69.7 Å². The van der Waals surface area contributed by atoms with Crippen molar-refractivity contribution < 1.29 is 14.4 Å². The Morgan fingerprint density at radius 1 is 1.26 bits per heavy atom. The lowest BCUT2D eigenvalue weighted by molar-refractivity contribution is -0.139. The summed E-state index contributed by atoms with van der Waals surface area (Å²) in [5, 5.41) is 2.60. The summed E-state index contributed by atoms with van der Waals surface area (Å²) in [7, 11) is 0. The molecular formula is C17H23N3O3. The molecule has 3 amide bonds. The van der Waals surface area contributed by atoms with E-state index in [0.29, 0.717) is 13.1 Å². The van der Waals surface area contributed by atoms with Crippen LogP contribution in [0.5, 0.6) is 0 Å². The SMILES string of the molecule is CC(=O)NCCC(=O)N1CC(=O)N(c2ccc(C)cc2)C[C@H]1C. The standard InChI is InChI=1S/C17H23N3O3/c1-12-4-6-15(7-5-12)20-10-13(2)19(11-17(20)23)16(22)8-9-18-14(3)21/h4-7,13H,8-11H2,1-3H3,(H,18,21)/t13-/m1/s1. The summed E-state index contributed by atoms with van der Waals surface area (Å²) < 4.78 is 0. The third kappa shape index (κ3) is 4.31. The van der Waals surface area contributed by atoms with Crippen LogP contribution in [-0.4, -0.2) is 48.3 Å². The second kappa shape index (κ2) is 7.26.